The molecule has 0 spiro atoms. The Hall–Kier alpha value is -2.67. The number of urea groups is 1. The Kier molecular flexibility index (Phi) is 4.11. The molecule has 0 unspecified atom stereocenters. The number of pyridine rings is 1. The van der Waals surface area contributed by atoms with Crippen molar-refractivity contribution in [3.05, 3.63) is 57.7 Å². The summed E-state index contributed by atoms with van der Waals surface area (Å²) in [5.41, 5.74) is -0.235. The molecule has 0 atom stereocenters. The van der Waals surface area contributed by atoms with Crippen molar-refractivity contribution in [2.75, 3.05) is 10.6 Å². The third-order valence-corrected chi connectivity index (χ3v) is 2.55. The number of rotatable bonds is 3. The number of benzene rings is 1. The highest BCUT2D eigenvalue weighted by molar-refractivity contribution is 6.31. The third kappa shape index (κ3) is 3.42. The molecule has 2 N–H and O–H groups in total. The van der Waals surface area contributed by atoms with Crippen molar-refractivity contribution in [3.63, 3.8) is 0 Å². The van der Waals surface area contributed by atoms with Crippen molar-refractivity contribution >= 4 is 34.8 Å². The summed E-state index contributed by atoms with van der Waals surface area (Å²) in [6.45, 7) is 0. The van der Waals surface area contributed by atoms with E-state index in [1.54, 1.807) is 18.2 Å². The molecule has 0 aliphatic rings. The number of hydrogen-bond donors (Lipinski definition) is 2. The third-order valence-electron chi connectivity index (χ3n) is 2.31. The summed E-state index contributed by atoms with van der Waals surface area (Å²) in [6, 6.07) is 8.34. The van der Waals surface area contributed by atoms with Gasteiger partial charge in [0.05, 0.1) is 4.92 Å². The van der Waals surface area contributed by atoms with Crippen LogP contribution in [-0.4, -0.2) is 15.9 Å². The molecule has 1 aromatic carbocycles. The van der Waals surface area contributed by atoms with Crippen LogP contribution < -0.4 is 10.6 Å². The molecule has 2 amide bonds. The van der Waals surface area contributed by atoms with Gasteiger partial charge in [0.1, 0.15) is 11.5 Å². The lowest BCUT2D eigenvalue weighted by molar-refractivity contribution is -0.383. The van der Waals surface area contributed by atoms with Crippen LogP contribution in [0.3, 0.4) is 0 Å². The number of halogens is 1. The van der Waals surface area contributed by atoms with E-state index in [0.717, 1.165) is 6.07 Å². The second-order valence-electron chi connectivity index (χ2n) is 3.71. The molecule has 7 nitrogen and oxygen atoms in total. The zero-order chi connectivity index (χ0) is 14.5. The van der Waals surface area contributed by atoms with Crippen LogP contribution in [0.15, 0.2) is 42.6 Å². The van der Waals surface area contributed by atoms with Crippen LogP contribution in [0.1, 0.15) is 0 Å². The number of nitrogens with zero attached hydrogens (tertiary/aromatic N) is 2. The number of amides is 2. The lowest BCUT2D eigenvalue weighted by Crippen LogP contribution is -2.20. The minimum absolute atomic E-state index is 0.0489. The van der Waals surface area contributed by atoms with Crippen LogP contribution >= 0.6 is 11.6 Å². The molecule has 0 saturated carbocycles. The Balaban J connectivity index is 2.14. The van der Waals surface area contributed by atoms with Gasteiger partial charge in [0, 0.05) is 17.3 Å². The van der Waals surface area contributed by atoms with Gasteiger partial charge < -0.3 is 5.32 Å². The topological polar surface area (TPSA) is 97.2 Å². The van der Waals surface area contributed by atoms with Crippen molar-refractivity contribution in [3.8, 4) is 0 Å². The first kappa shape index (κ1) is 13.8. The first-order valence-electron chi connectivity index (χ1n) is 5.49. The highest BCUT2D eigenvalue weighted by Crippen LogP contribution is 2.27. The van der Waals surface area contributed by atoms with Gasteiger partial charge in [-0.2, -0.15) is 0 Å². The Morgan fingerprint density at radius 1 is 1.25 bits per heavy atom. The zero-order valence-electron chi connectivity index (χ0n) is 10.0. The number of aromatic nitrogens is 1. The molecule has 0 bridgehead atoms. The molecule has 2 rings (SSSR count). The molecule has 0 aliphatic carbocycles. The first-order chi connectivity index (χ1) is 9.56. The summed E-state index contributed by atoms with van der Waals surface area (Å²) in [5.74, 6) is 0.335. The maximum atomic E-state index is 11.7. The number of carbonyl (C=O) groups excluding carboxylic acids is 1. The number of carbonyl (C=O) groups is 1. The van der Waals surface area contributed by atoms with Crippen LogP contribution in [-0.2, 0) is 0 Å². The van der Waals surface area contributed by atoms with E-state index >= 15 is 0 Å². The average molecular weight is 293 g/mol. The Morgan fingerprint density at radius 3 is 2.70 bits per heavy atom. The lowest BCUT2D eigenvalue weighted by atomic mass is 10.2. The Morgan fingerprint density at radius 2 is 2.05 bits per heavy atom. The summed E-state index contributed by atoms with van der Waals surface area (Å²) in [5, 5.41) is 15.9. The Bertz CT molecular complexity index is 648. The van der Waals surface area contributed by atoms with Crippen molar-refractivity contribution < 1.29 is 9.72 Å². The summed E-state index contributed by atoms with van der Waals surface area (Å²) in [7, 11) is 0. The van der Waals surface area contributed by atoms with Gasteiger partial charge in [0.25, 0.3) is 5.69 Å². The van der Waals surface area contributed by atoms with E-state index in [0.29, 0.717) is 5.82 Å². The van der Waals surface area contributed by atoms with Crippen molar-refractivity contribution in [1.29, 1.82) is 0 Å². The van der Waals surface area contributed by atoms with E-state index in [1.165, 1.54) is 18.3 Å². The molecule has 0 radical (unpaired) electrons. The van der Waals surface area contributed by atoms with E-state index in [1.807, 2.05) is 0 Å². The second-order valence-corrected chi connectivity index (χ2v) is 4.15. The molecule has 2 aromatic rings. The number of nitrogens with one attached hydrogen (secondary N) is 2. The van der Waals surface area contributed by atoms with Gasteiger partial charge in [0.2, 0.25) is 0 Å². The van der Waals surface area contributed by atoms with Gasteiger partial charge in [-0.25, -0.2) is 9.78 Å². The molecule has 8 heteroatoms. The number of anilines is 2. The summed E-state index contributed by atoms with van der Waals surface area (Å²) in [4.78, 5) is 25.9. The smallest absolute Gasteiger partial charge is 0.302 e. The van der Waals surface area contributed by atoms with Crippen LogP contribution in [0.5, 0.6) is 0 Å². The van der Waals surface area contributed by atoms with E-state index < -0.39 is 11.0 Å². The average Bonchev–Trinajstić information content (AvgIpc) is 2.41. The quantitative estimate of drug-likeness (QED) is 0.670. The predicted molar refractivity (Wildman–Crippen MR) is 75.0 cm³/mol. The van der Waals surface area contributed by atoms with E-state index in [9.17, 15) is 14.9 Å². The maximum absolute atomic E-state index is 11.7. The van der Waals surface area contributed by atoms with Gasteiger partial charge in [-0.1, -0.05) is 17.7 Å². The molecule has 1 aromatic heterocycles. The number of hydrogen-bond acceptors (Lipinski definition) is 4. The number of nitro groups is 1. The molecule has 0 fully saturated rings. The molecule has 0 aliphatic heterocycles. The fourth-order valence-corrected chi connectivity index (χ4v) is 1.63. The maximum Gasteiger partial charge on any atom is 0.325 e. The summed E-state index contributed by atoms with van der Waals surface area (Å²) in [6.07, 6.45) is 1.51. The van der Waals surface area contributed by atoms with Gasteiger partial charge in [-0.15, -0.1) is 0 Å². The Labute approximate surface area is 118 Å². The SMILES string of the molecule is O=C(Nc1ccccn1)Nc1ccc(Cl)cc1[N+](=O)[O-]. The van der Waals surface area contributed by atoms with Gasteiger partial charge in [-0.05, 0) is 24.3 Å². The normalized spacial score (nSPS) is 9.85. The molecule has 0 saturated heterocycles. The van der Waals surface area contributed by atoms with Crippen LogP contribution in [0.4, 0.5) is 22.0 Å². The van der Waals surface area contributed by atoms with Crippen molar-refractivity contribution in [1.82, 2.24) is 4.98 Å². The van der Waals surface area contributed by atoms with Gasteiger partial charge in [-0.3, -0.25) is 15.4 Å². The van der Waals surface area contributed by atoms with E-state index in [2.05, 4.69) is 15.6 Å². The fourth-order valence-electron chi connectivity index (χ4n) is 1.47. The van der Waals surface area contributed by atoms with Crippen LogP contribution in [0.25, 0.3) is 0 Å². The summed E-state index contributed by atoms with van der Waals surface area (Å²) >= 11 is 5.68. The first-order valence-corrected chi connectivity index (χ1v) is 5.87. The standard InChI is InChI=1S/C12H9ClN4O3/c13-8-4-5-9(10(7-8)17(19)20)15-12(18)16-11-3-1-2-6-14-11/h1-7H,(H2,14,15,16,18). The fraction of sp³-hybridized carbons (Fsp3) is 0. The second kappa shape index (κ2) is 5.98. The highest BCUT2D eigenvalue weighted by atomic mass is 35.5. The summed E-state index contributed by atoms with van der Waals surface area (Å²) < 4.78 is 0. The molecule has 102 valence electrons. The number of nitro benzene ring substituents is 1. The molecule has 20 heavy (non-hydrogen) atoms. The highest BCUT2D eigenvalue weighted by Gasteiger charge is 2.16. The minimum atomic E-state index is -0.630. The monoisotopic (exact) mass is 292 g/mol. The predicted octanol–water partition coefficient (Wildman–Crippen LogP) is 3.29. The molecular weight excluding hydrogens is 284 g/mol. The minimum Gasteiger partial charge on any atom is -0.302 e. The zero-order valence-corrected chi connectivity index (χ0v) is 10.8. The molecular formula is C12H9ClN4O3. The molecule has 1 heterocycles. The van der Waals surface area contributed by atoms with E-state index in [-0.39, 0.29) is 16.4 Å². The van der Waals surface area contributed by atoms with Crippen molar-refractivity contribution in [2.24, 2.45) is 0 Å². The van der Waals surface area contributed by atoms with Crippen LogP contribution in [0.2, 0.25) is 5.02 Å². The van der Waals surface area contributed by atoms with Gasteiger partial charge in [0.15, 0.2) is 0 Å². The van der Waals surface area contributed by atoms with Gasteiger partial charge >= 0.3 is 6.03 Å². The largest absolute Gasteiger partial charge is 0.325 e. The van der Waals surface area contributed by atoms with Crippen molar-refractivity contribution in [2.45, 2.75) is 0 Å². The van der Waals surface area contributed by atoms with E-state index in [4.69, 9.17) is 11.6 Å². The lowest BCUT2D eigenvalue weighted by Gasteiger charge is -2.07. The van der Waals surface area contributed by atoms with Crippen LogP contribution in [0, 0.1) is 10.1 Å².